The maximum Gasteiger partial charge on any atom is 0.251 e. The van der Waals surface area contributed by atoms with E-state index in [1.807, 2.05) is 19.9 Å². The van der Waals surface area contributed by atoms with Crippen molar-refractivity contribution in [1.29, 1.82) is 0 Å². The van der Waals surface area contributed by atoms with Gasteiger partial charge in [-0.25, -0.2) is 4.99 Å². The van der Waals surface area contributed by atoms with Crippen molar-refractivity contribution >= 4 is 17.8 Å². The van der Waals surface area contributed by atoms with Gasteiger partial charge in [-0.3, -0.25) is 14.9 Å². The van der Waals surface area contributed by atoms with Gasteiger partial charge in [0.15, 0.2) is 5.96 Å². The maximum absolute atomic E-state index is 12.7. The molecular weight excluding hydrogens is 436 g/mol. The summed E-state index contributed by atoms with van der Waals surface area (Å²) in [6.07, 6.45) is 8.00. The van der Waals surface area contributed by atoms with Gasteiger partial charge in [-0.2, -0.15) is 0 Å². The van der Waals surface area contributed by atoms with Crippen LogP contribution in [-0.4, -0.2) is 23.3 Å². The Kier molecular flexibility index (Phi) is 7.58. The number of hydrogen-bond acceptors (Lipinski definition) is 4. The lowest BCUT2D eigenvalue weighted by Crippen LogP contribution is -2.48. The molecule has 2 aliphatic carbocycles. The molecule has 2 atom stereocenters. The minimum Gasteiger partial charge on any atom is -0.370 e. The molecule has 186 valence electrons. The molecule has 4 N–H and O–H groups in total. The molecule has 35 heavy (non-hydrogen) atoms. The van der Waals surface area contributed by atoms with E-state index in [1.54, 1.807) is 0 Å². The number of amides is 2. The summed E-state index contributed by atoms with van der Waals surface area (Å²) in [6, 6.07) is 14.9. The second-order valence-electron chi connectivity index (χ2n) is 10.2. The van der Waals surface area contributed by atoms with Crippen molar-refractivity contribution in [3.8, 4) is 0 Å². The third-order valence-corrected chi connectivity index (χ3v) is 7.83. The van der Waals surface area contributed by atoms with Crippen molar-refractivity contribution in [3.05, 3.63) is 70.3 Å². The van der Waals surface area contributed by atoms with Gasteiger partial charge in [0.1, 0.15) is 0 Å². The number of carbonyl (C=O) groups excluding carboxylic acids is 2. The zero-order chi connectivity index (χ0) is 25.0. The molecule has 3 aliphatic rings. The Balaban J connectivity index is 0.000000204. The number of nitrogens with one attached hydrogen (secondary N) is 2. The van der Waals surface area contributed by atoms with Crippen LogP contribution in [0.3, 0.4) is 0 Å². The van der Waals surface area contributed by atoms with Gasteiger partial charge in [-0.05, 0) is 85.3 Å². The molecule has 0 radical (unpaired) electrons. The van der Waals surface area contributed by atoms with Gasteiger partial charge in [0.25, 0.3) is 5.91 Å². The van der Waals surface area contributed by atoms with E-state index in [-0.39, 0.29) is 29.4 Å². The number of guanidine groups is 1. The number of hydrogen-bond donors (Lipinski definition) is 3. The summed E-state index contributed by atoms with van der Waals surface area (Å²) >= 11 is 0. The number of nitrogens with two attached hydrogens (primary N) is 1. The molecule has 0 saturated carbocycles. The van der Waals surface area contributed by atoms with Gasteiger partial charge in [-0.15, -0.1) is 0 Å². The molecule has 0 aromatic heterocycles. The first kappa shape index (κ1) is 25.0. The van der Waals surface area contributed by atoms with Crippen LogP contribution in [-0.2, 0) is 24.1 Å². The van der Waals surface area contributed by atoms with Crippen molar-refractivity contribution in [2.24, 2.45) is 16.6 Å². The number of aliphatic imine (C=N–C) groups is 1. The molecule has 6 heteroatoms. The predicted octanol–water partition coefficient (Wildman–Crippen LogP) is 4.61. The van der Waals surface area contributed by atoms with E-state index in [4.69, 9.17) is 5.73 Å². The highest BCUT2D eigenvalue weighted by atomic mass is 16.2. The highest BCUT2D eigenvalue weighted by Crippen LogP contribution is 2.36. The lowest BCUT2D eigenvalue weighted by atomic mass is 9.88. The number of fused-ring (bicyclic) bond motifs is 2. The average Bonchev–Trinajstić information content (AvgIpc) is 3.18. The first-order chi connectivity index (χ1) is 16.8. The van der Waals surface area contributed by atoms with E-state index < -0.39 is 0 Å². The Morgan fingerprint density at radius 1 is 1.09 bits per heavy atom. The first-order valence-corrected chi connectivity index (χ1v) is 13.0. The second-order valence-corrected chi connectivity index (χ2v) is 10.2. The number of aryl methyl sites for hydroxylation is 2. The molecule has 0 spiro atoms. The monoisotopic (exact) mass is 474 g/mol. The smallest absolute Gasteiger partial charge is 0.251 e. The third-order valence-electron chi connectivity index (χ3n) is 7.83. The molecule has 2 aromatic rings. The summed E-state index contributed by atoms with van der Waals surface area (Å²) in [5.74, 6) is 0.752. The summed E-state index contributed by atoms with van der Waals surface area (Å²) in [7, 11) is 0. The minimum absolute atomic E-state index is 0.0220. The Morgan fingerprint density at radius 2 is 1.80 bits per heavy atom. The Hall–Kier alpha value is -3.15. The number of benzene rings is 2. The van der Waals surface area contributed by atoms with Crippen LogP contribution in [0.4, 0.5) is 0 Å². The Bertz CT molecular complexity index is 1120. The maximum atomic E-state index is 12.7. The average molecular weight is 475 g/mol. The fourth-order valence-electron chi connectivity index (χ4n) is 5.58. The fraction of sp³-hybridized carbons (Fsp3) is 0.483. The quantitative estimate of drug-likeness (QED) is 0.604. The number of nitrogens with zero attached hydrogens (tertiary/aromatic N) is 1. The van der Waals surface area contributed by atoms with E-state index in [0.717, 1.165) is 37.7 Å². The van der Waals surface area contributed by atoms with Crippen LogP contribution in [0, 0.1) is 5.92 Å². The minimum atomic E-state index is -0.244. The van der Waals surface area contributed by atoms with Crippen molar-refractivity contribution < 1.29 is 9.59 Å². The van der Waals surface area contributed by atoms with Crippen LogP contribution in [0.1, 0.15) is 91.5 Å². The lowest BCUT2D eigenvalue weighted by Gasteiger charge is -2.30. The molecule has 2 amide bonds. The van der Waals surface area contributed by atoms with E-state index in [9.17, 15) is 9.59 Å². The highest BCUT2D eigenvalue weighted by Gasteiger charge is 2.33. The third kappa shape index (κ3) is 5.58. The summed E-state index contributed by atoms with van der Waals surface area (Å²) in [5.41, 5.74) is 11.5. The van der Waals surface area contributed by atoms with Gasteiger partial charge in [0.2, 0.25) is 5.91 Å². The van der Waals surface area contributed by atoms with Crippen molar-refractivity contribution in [3.63, 3.8) is 0 Å². The van der Waals surface area contributed by atoms with Gasteiger partial charge < -0.3 is 11.1 Å². The zero-order valence-electron chi connectivity index (χ0n) is 21.2. The van der Waals surface area contributed by atoms with Crippen LogP contribution >= 0.6 is 0 Å². The predicted molar refractivity (Wildman–Crippen MR) is 140 cm³/mol. The van der Waals surface area contributed by atoms with E-state index in [0.29, 0.717) is 12.3 Å². The summed E-state index contributed by atoms with van der Waals surface area (Å²) in [4.78, 5) is 28.1. The van der Waals surface area contributed by atoms with Gasteiger partial charge in [0.05, 0.1) is 18.0 Å². The lowest BCUT2D eigenvalue weighted by molar-refractivity contribution is -0.121. The standard InChI is InChI=1S/C21H23NO.C8H15N3O/c1-14-12-17-8-4-5-9-19(17)20(14)22-21(23)18-11-10-15-6-2-3-7-16(15)13-18;1-3-8(4-2)5-6(12)10-7(9)11-8/h4-5,8-11,13-14,20H,2-3,6-7,12H2,1H3,(H,22,23);3-5H2,1-2H3,(H3,9,10,11,12). The van der Waals surface area contributed by atoms with Crippen molar-refractivity contribution in [2.45, 2.75) is 83.7 Å². The number of rotatable bonds is 4. The second kappa shape index (κ2) is 10.6. The van der Waals surface area contributed by atoms with E-state index in [2.05, 4.69) is 58.9 Å². The Labute approximate surface area is 208 Å². The molecule has 0 saturated heterocycles. The van der Waals surface area contributed by atoms with Crippen LogP contribution in [0.5, 0.6) is 0 Å². The van der Waals surface area contributed by atoms with E-state index >= 15 is 0 Å². The van der Waals surface area contributed by atoms with Gasteiger partial charge >= 0.3 is 0 Å². The number of carbonyl (C=O) groups is 2. The first-order valence-electron chi connectivity index (χ1n) is 13.0. The molecule has 0 fully saturated rings. The normalized spacial score (nSPS) is 22.0. The molecule has 2 aromatic carbocycles. The van der Waals surface area contributed by atoms with Crippen LogP contribution in [0.25, 0.3) is 0 Å². The molecule has 1 heterocycles. The van der Waals surface area contributed by atoms with Gasteiger partial charge in [-0.1, -0.05) is 51.1 Å². The highest BCUT2D eigenvalue weighted by molar-refractivity contribution is 5.98. The van der Waals surface area contributed by atoms with Crippen LogP contribution in [0.2, 0.25) is 0 Å². The molecule has 0 bridgehead atoms. The molecule has 6 nitrogen and oxygen atoms in total. The molecule has 2 unspecified atom stereocenters. The SMILES string of the molecule is CC1Cc2ccccc2C1NC(=O)c1ccc2c(c1)CCCC2.CCC1(CC)CC(=O)NC(N)=N1. The fourth-order valence-corrected chi connectivity index (χ4v) is 5.58. The Morgan fingerprint density at radius 3 is 2.51 bits per heavy atom. The van der Waals surface area contributed by atoms with Crippen LogP contribution < -0.4 is 16.4 Å². The van der Waals surface area contributed by atoms with Crippen molar-refractivity contribution in [1.82, 2.24) is 10.6 Å². The van der Waals surface area contributed by atoms with E-state index in [1.165, 1.54) is 35.1 Å². The summed E-state index contributed by atoms with van der Waals surface area (Å²) in [5, 5.41) is 5.76. The molecule has 5 rings (SSSR count). The molecular formula is C29H38N4O2. The largest absolute Gasteiger partial charge is 0.370 e. The summed E-state index contributed by atoms with van der Waals surface area (Å²) < 4.78 is 0. The topological polar surface area (TPSA) is 96.6 Å². The summed E-state index contributed by atoms with van der Waals surface area (Å²) in [6.45, 7) is 6.27. The van der Waals surface area contributed by atoms with Gasteiger partial charge in [0, 0.05) is 5.56 Å². The zero-order valence-corrected chi connectivity index (χ0v) is 21.2. The molecule has 1 aliphatic heterocycles. The van der Waals surface area contributed by atoms with Crippen LogP contribution in [0.15, 0.2) is 47.5 Å². The van der Waals surface area contributed by atoms with Crippen molar-refractivity contribution in [2.75, 3.05) is 0 Å².